The summed E-state index contributed by atoms with van der Waals surface area (Å²) in [7, 11) is -1.67. The second-order valence-corrected chi connectivity index (χ2v) is 9.78. The first-order chi connectivity index (χ1) is 13.6. The van der Waals surface area contributed by atoms with Gasteiger partial charge in [0.2, 0.25) is 5.91 Å². The fourth-order valence-electron chi connectivity index (χ4n) is 3.91. The zero-order chi connectivity index (χ0) is 21.3. The first-order valence-corrected chi connectivity index (χ1v) is 11.4. The van der Waals surface area contributed by atoms with Gasteiger partial charge >= 0.3 is 0 Å². The molecule has 0 spiro atoms. The Morgan fingerprint density at radius 3 is 2.17 bits per heavy atom. The molecular formula is C19H31N5O4S. The molecule has 10 heteroatoms. The van der Waals surface area contributed by atoms with E-state index in [9.17, 15) is 13.2 Å². The van der Waals surface area contributed by atoms with E-state index in [-0.39, 0.29) is 18.1 Å². The first kappa shape index (κ1) is 21.9. The summed E-state index contributed by atoms with van der Waals surface area (Å²) in [6, 6.07) is 0. The predicted molar refractivity (Wildman–Crippen MR) is 110 cm³/mol. The van der Waals surface area contributed by atoms with Gasteiger partial charge in [-0.3, -0.25) is 9.48 Å². The molecular weight excluding hydrogens is 394 g/mol. The van der Waals surface area contributed by atoms with Crippen molar-refractivity contribution in [2.75, 3.05) is 39.3 Å². The number of piperazine rings is 1. The maximum absolute atomic E-state index is 13.0. The molecule has 0 aliphatic carbocycles. The smallest absolute Gasteiger partial charge is 0.282 e. The molecule has 0 saturated carbocycles. The largest absolute Gasteiger partial charge is 0.373 e. The number of nitrogens with zero attached hydrogens (tertiary/aromatic N) is 5. The molecule has 2 aliphatic rings. The lowest BCUT2D eigenvalue weighted by molar-refractivity contribution is -0.127. The van der Waals surface area contributed by atoms with Crippen molar-refractivity contribution in [3.8, 4) is 0 Å². The van der Waals surface area contributed by atoms with Crippen LogP contribution in [0.5, 0.6) is 0 Å². The Labute approximate surface area is 173 Å². The van der Waals surface area contributed by atoms with Crippen molar-refractivity contribution in [1.29, 1.82) is 0 Å². The highest BCUT2D eigenvalue weighted by Crippen LogP contribution is 2.19. The molecule has 2 unspecified atom stereocenters. The highest BCUT2D eigenvalue weighted by atomic mass is 32.2. The van der Waals surface area contributed by atoms with Crippen LogP contribution in [0.15, 0.2) is 6.08 Å². The lowest BCUT2D eigenvalue weighted by atomic mass is 10.2. The van der Waals surface area contributed by atoms with E-state index >= 15 is 0 Å². The van der Waals surface area contributed by atoms with Crippen molar-refractivity contribution >= 4 is 22.2 Å². The minimum absolute atomic E-state index is 0.113. The average molecular weight is 426 g/mol. The molecule has 2 aliphatic heterocycles. The summed E-state index contributed by atoms with van der Waals surface area (Å²) in [5, 5.41) is 4.35. The number of morpholine rings is 1. The number of carbonyl (C=O) groups is 1. The molecule has 29 heavy (non-hydrogen) atoms. The standard InChI is InChI=1S/C19H31N5O4S/c1-14-12-24(13-15(2)28-14)29(26,27)23-10-8-22(9-11-23)19(25)7-6-18-16(3)20-21(5)17(18)4/h6-7,14-15H,8-13H2,1-5H3/b7-6+. The zero-order valence-electron chi connectivity index (χ0n) is 17.8. The van der Waals surface area contributed by atoms with Gasteiger partial charge in [0, 0.05) is 63.6 Å². The minimum atomic E-state index is -3.54. The summed E-state index contributed by atoms with van der Waals surface area (Å²) >= 11 is 0. The van der Waals surface area contributed by atoms with Gasteiger partial charge in [-0.25, -0.2) is 0 Å². The fraction of sp³-hybridized carbons (Fsp3) is 0.684. The average Bonchev–Trinajstić information content (AvgIpc) is 2.90. The van der Waals surface area contributed by atoms with E-state index in [0.29, 0.717) is 39.3 Å². The van der Waals surface area contributed by atoms with Gasteiger partial charge in [-0.2, -0.15) is 22.1 Å². The summed E-state index contributed by atoms with van der Waals surface area (Å²) in [5.74, 6) is -0.113. The van der Waals surface area contributed by atoms with Gasteiger partial charge in [-0.05, 0) is 33.8 Å². The molecule has 162 valence electrons. The Morgan fingerprint density at radius 2 is 1.66 bits per heavy atom. The molecule has 0 bridgehead atoms. The number of aromatic nitrogens is 2. The Hall–Kier alpha value is -1.75. The van der Waals surface area contributed by atoms with Crippen LogP contribution in [-0.4, -0.2) is 89.1 Å². The summed E-state index contributed by atoms with van der Waals surface area (Å²) < 4.78 is 36.3. The van der Waals surface area contributed by atoms with Crippen LogP contribution in [0.25, 0.3) is 6.08 Å². The Morgan fingerprint density at radius 1 is 1.07 bits per heavy atom. The third-order valence-electron chi connectivity index (χ3n) is 5.55. The molecule has 0 aromatic carbocycles. The molecule has 1 aromatic heterocycles. The van der Waals surface area contributed by atoms with Crippen molar-refractivity contribution in [2.45, 2.75) is 39.9 Å². The van der Waals surface area contributed by atoms with Crippen LogP contribution in [0.3, 0.4) is 0 Å². The van der Waals surface area contributed by atoms with Gasteiger partial charge in [0.15, 0.2) is 0 Å². The predicted octanol–water partition coefficient (Wildman–Crippen LogP) is 0.548. The molecule has 3 rings (SSSR count). The van der Waals surface area contributed by atoms with E-state index in [1.54, 1.807) is 21.7 Å². The van der Waals surface area contributed by atoms with Gasteiger partial charge in [-0.1, -0.05) is 0 Å². The maximum Gasteiger partial charge on any atom is 0.282 e. The third kappa shape index (κ3) is 4.71. The number of ether oxygens (including phenoxy) is 1. The molecule has 2 fully saturated rings. The molecule has 3 heterocycles. The number of carbonyl (C=O) groups excluding carboxylic acids is 1. The molecule has 0 radical (unpaired) electrons. The van der Waals surface area contributed by atoms with Crippen LogP contribution >= 0.6 is 0 Å². The van der Waals surface area contributed by atoms with Crippen molar-refractivity contribution in [1.82, 2.24) is 23.3 Å². The van der Waals surface area contributed by atoms with E-state index in [1.165, 1.54) is 8.61 Å². The highest BCUT2D eigenvalue weighted by Gasteiger charge is 2.37. The number of amides is 1. The second-order valence-electron chi connectivity index (χ2n) is 7.85. The fourth-order valence-corrected chi connectivity index (χ4v) is 5.66. The van der Waals surface area contributed by atoms with Gasteiger partial charge in [-0.15, -0.1) is 0 Å². The first-order valence-electron chi connectivity index (χ1n) is 9.97. The van der Waals surface area contributed by atoms with Crippen LogP contribution in [0.2, 0.25) is 0 Å². The van der Waals surface area contributed by atoms with Crippen LogP contribution in [-0.2, 0) is 26.8 Å². The van der Waals surface area contributed by atoms with Crippen LogP contribution in [0.4, 0.5) is 0 Å². The van der Waals surface area contributed by atoms with E-state index in [2.05, 4.69) is 5.10 Å². The number of aryl methyl sites for hydroxylation is 2. The van der Waals surface area contributed by atoms with Crippen molar-refractivity contribution in [3.05, 3.63) is 23.0 Å². The van der Waals surface area contributed by atoms with Gasteiger partial charge in [0.1, 0.15) is 0 Å². The second kappa shape index (κ2) is 8.55. The van der Waals surface area contributed by atoms with Crippen LogP contribution in [0, 0.1) is 13.8 Å². The third-order valence-corrected chi connectivity index (χ3v) is 7.52. The Kier molecular flexibility index (Phi) is 6.47. The van der Waals surface area contributed by atoms with Gasteiger partial charge < -0.3 is 9.64 Å². The quantitative estimate of drug-likeness (QED) is 0.658. The SMILES string of the molecule is Cc1nn(C)c(C)c1/C=C/C(=O)N1CCN(S(=O)(=O)N2CC(C)OC(C)C2)CC1. The zero-order valence-corrected chi connectivity index (χ0v) is 18.6. The Bertz CT molecular complexity index is 877. The molecule has 2 saturated heterocycles. The number of hydrogen-bond acceptors (Lipinski definition) is 5. The maximum atomic E-state index is 13.0. The number of hydrogen-bond donors (Lipinski definition) is 0. The molecule has 9 nitrogen and oxygen atoms in total. The van der Waals surface area contributed by atoms with Crippen molar-refractivity contribution in [3.63, 3.8) is 0 Å². The molecule has 2 atom stereocenters. The van der Waals surface area contributed by atoms with Crippen molar-refractivity contribution < 1.29 is 17.9 Å². The molecule has 0 N–H and O–H groups in total. The summed E-state index contributed by atoms with van der Waals surface area (Å²) in [5.41, 5.74) is 2.81. The summed E-state index contributed by atoms with van der Waals surface area (Å²) in [4.78, 5) is 14.3. The monoisotopic (exact) mass is 425 g/mol. The van der Waals surface area contributed by atoms with E-state index in [0.717, 1.165) is 17.0 Å². The lowest BCUT2D eigenvalue weighted by Crippen LogP contribution is -2.57. The van der Waals surface area contributed by atoms with Crippen molar-refractivity contribution in [2.24, 2.45) is 7.05 Å². The normalized spacial score (nSPS) is 25.1. The number of rotatable bonds is 4. The summed E-state index contributed by atoms with van der Waals surface area (Å²) in [6.07, 6.45) is 3.09. The van der Waals surface area contributed by atoms with E-state index in [4.69, 9.17) is 4.74 Å². The van der Waals surface area contributed by atoms with E-state index < -0.39 is 10.2 Å². The van der Waals surface area contributed by atoms with Crippen LogP contribution in [0.1, 0.15) is 30.8 Å². The lowest BCUT2D eigenvalue weighted by Gasteiger charge is -2.40. The van der Waals surface area contributed by atoms with Gasteiger partial charge in [0.05, 0.1) is 17.9 Å². The summed E-state index contributed by atoms with van der Waals surface area (Å²) in [6.45, 7) is 9.71. The Balaban J connectivity index is 1.59. The van der Waals surface area contributed by atoms with E-state index in [1.807, 2.05) is 34.7 Å². The molecule has 1 amide bonds. The topological polar surface area (TPSA) is 88.0 Å². The van der Waals surface area contributed by atoms with Crippen LogP contribution < -0.4 is 0 Å². The minimum Gasteiger partial charge on any atom is -0.373 e. The van der Waals surface area contributed by atoms with Gasteiger partial charge in [0.25, 0.3) is 10.2 Å². The molecule has 1 aromatic rings. The highest BCUT2D eigenvalue weighted by molar-refractivity contribution is 7.86.